The summed E-state index contributed by atoms with van der Waals surface area (Å²) in [7, 11) is 0. The Morgan fingerprint density at radius 3 is 2.10 bits per heavy atom. The number of hydrogen-bond acceptors (Lipinski definition) is 3. The van der Waals surface area contributed by atoms with E-state index in [1.165, 1.54) is 0 Å². The van der Waals surface area contributed by atoms with Gasteiger partial charge in [0.05, 0.1) is 0 Å². The highest BCUT2D eigenvalue weighted by Gasteiger charge is 2.15. The first-order valence-corrected chi connectivity index (χ1v) is 6.67. The number of hydrogen-bond donors (Lipinski definition) is 1. The summed E-state index contributed by atoms with van der Waals surface area (Å²) in [5, 5.41) is 0.763. The van der Waals surface area contributed by atoms with Crippen molar-refractivity contribution in [1.82, 2.24) is 4.98 Å². The number of anilines is 1. The van der Waals surface area contributed by atoms with Crippen LogP contribution in [0.5, 0.6) is 0 Å². The average Bonchev–Trinajstić information content (AvgIpc) is 2.82. The van der Waals surface area contributed by atoms with Crippen molar-refractivity contribution in [3.05, 3.63) is 58.9 Å². The van der Waals surface area contributed by atoms with Gasteiger partial charge in [-0.3, -0.25) is 0 Å². The molecule has 0 spiro atoms. The van der Waals surface area contributed by atoms with Gasteiger partial charge >= 0.3 is 0 Å². The van der Waals surface area contributed by atoms with Gasteiger partial charge in [0.25, 0.3) is 5.35 Å². The Labute approximate surface area is 126 Å². The first-order chi connectivity index (χ1) is 9.63. The van der Waals surface area contributed by atoms with Gasteiger partial charge in [-0.15, -0.1) is 0 Å². The molecule has 3 aromatic rings. The van der Waals surface area contributed by atoms with Crippen molar-refractivity contribution >= 4 is 28.9 Å². The van der Waals surface area contributed by atoms with E-state index in [0.717, 1.165) is 11.1 Å². The molecule has 1 aromatic heterocycles. The van der Waals surface area contributed by atoms with Gasteiger partial charge in [0.15, 0.2) is 5.76 Å². The summed E-state index contributed by atoms with van der Waals surface area (Å²) in [5.41, 5.74) is 8.80. The van der Waals surface area contributed by atoms with Crippen molar-refractivity contribution in [3.63, 3.8) is 0 Å². The lowest BCUT2D eigenvalue weighted by Crippen LogP contribution is -1.85. The fraction of sp³-hybridized carbons (Fsp3) is 0. The summed E-state index contributed by atoms with van der Waals surface area (Å²) >= 11 is 11.8. The van der Waals surface area contributed by atoms with E-state index in [0.29, 0.717) is 22.2 Å². The maximum Gasteiger partial charge on any atom is 0.293 e. The van der Waals surface area contributed by atoms with E-state index in [2.05, 4.69) is 4.98 Å². The van der Waals surface area contributed by atoms with Crippen LogP contribution in [0.2, 0.25) is 10.4 Å². The zero-order valence-electron chi connectivity index (χ0n) is 10.3. The number of nitrogen functional groups attached to an aromatic ring is 1. The average molecular weight is 305 g/mol. The number of aromatic nitrogens is 1. The Balaban J connectivity index is 2.12. The van der Waals surface area contributed by atoms with E-state index < -0.39 is 0 Å². The number of nitrogens with zero attached hydrogens (tertiary/aromatic N) is 1. The fourth-order valence-corrected chi connectivity index (χ4v) is 2.22. The van der Waals surface area contributed by atoms with Gasteiger partial charge < -0.3 is 10.2 Å². The number of oxazole rings is 1. The maximum absolute atomic E-state index is 5.90. The van der Waals surface area contributed by atoms with E-state index in [-0.39, 0.29) is 5.35 Å². The molecule has 1 heterocycles. The summed E-state index contributed by atoms with van der Waals surface area (Å²) in [6.07, 6.45) is 0. The Morgan fingerprint density at radius 1 is 0.850 bits per heavy atom. The summed E-state index contributed by atoms with van der Waals surface area (Å²) in [5.74, 6) is 0.609. The Kier molecular flexibility index (Phi) is 3.38. The van der Waals surface area contributed by atoms with Crippen molar-refractivity contribution in [2.24, 2.45) is 0 Å². The lowest BCUT2D eigenvalue weighted by Gasteiger charge is -2.02. The van der Waals surface area contributed by atoms with E-state index in [1.807, 2.05) is 24.3 Å². The van der Waals surface area contributed by atoms with Gasteiger partial charge in [-0.25, -0.2) is 0 Å². The van der Waals surface area contributed by atoms with Gasteiger partial charge in [-0.05, 0) is 48.0 Å². The molecule has 0 unspecified atom stereocenters. The van der Waals surface area contributed by atoms with Crippen molar-refractivity contribution in [2.45, 2.75) is 0 Å². The van der Waals surface area contributed by atoms with Crippen LogP contribution in [0.1, 0.15) is 0 Å². The fourth-order valence-electron chi connectivity index (χ4n) is 1.93. The van der Waals surface area contributed by atoms with Crippen LogP contribution in [-0.4, -0.2) is 4.98 Å². The van der Waals surface area contributed by atoms with Crippen molar-refractivity contribution in [2.75, 3.05) is 5.73 Å². The van der Waals surface area contributed by atoms with Gasteiger partial charge in [0.2, 0.25) is 0 Å². The molecule has 0 saturated heterocycles. The quantitative estimate of drug-likeness (QED) is 0.685. The highest BCUT2D eigenvalue weighted by atomic mass is 35.5. The highest BCUT2D eigenvalue weighted by molar-refractivity contribution is 6.30. The second-order valence-corrected chi connectivity index (χ2v) is 5.03. The monoisotopic (exact) mass is 304 g/mol. The molecule has 0 aliphatic heterocycles. The molecule has 0 amide bonds. The van der Waals surface area contributed by atoms with Crippen LogP contribution in [-0.2, 0) is 0 Å². The van der Waals surface area contributed by atoms with E-state index in [1.54, 1.807) is 24.3 Å². The summed E-state index contributed by atoms with van der Waals surface area (Å²) in [4.78, 5) is 4.23. The first-order valence-electron chi connectivity index (χ1n) is 5.91. The topological polar surface area (TPSA) is 52.0 Å². The normalized spacial score (nSPS) is 10.7. The van der Waals surface area contributed by atoms with Gasteiger partial charge in [-0.2, -0.15) is 4.98 Å². The second kappa shape index (κ2) is 5.19. The molecule has 0 fully saturated rings. The third-order valence-corrected chi connectivity index (χ3v) is 3.31. The lowest BCUT2D eigenvalue weighted by atomic mass is 10.1. The van der Waals surface area contributed by atoms with Crippen LogP contribution in [0, 0.1) is 0 Å². The number of benzene rings is 2. The van der Waals surface area contributed by atoms with Crippen LogP contribution in [0.4, 0.5) is 5.69 Å². The third-order valence-electron chi connectivity index (χ3n) is 2.89. The van der Waals surface area contributed by atoms with E-state index >= 15 is 0 Å². The minimum Gasteiger partial charge on any atom is -0.427 e. The molecule has 20 heavy (non-hydrogen) atoms. The Morgan fingerprint density at radius 2 is 1.45 bits per heavy atom. The second-order valence-electron chi connectivity index (χ2n) is 4.27. The molecule has 3 rings (SSSR count). The third kappa shape index (κ3) is 2.50. The first kappa shape index (κ1) is 13.0. The molecule has 100 valence electrons. The highest BCUT2D eigenvalue weighted by Crippen LogP contribution is 2.34. The predicted octanol–water partition coefficient (Wildman–Crippen LogP) is 4.90. The van der Waals surface area contributed by atoms with E-state index in [9.17, 15) is 0 Å². The van der Waals surface area contributed by atoms with Gasteiger partial charge in [-0.1, -0.05) is 23.7 Å². The molecule has 0 bridgehead atoms. The van der Waals surface area contributed by atoms with Crippen molar-refractivity contribution < 1.29 is 4.42 Å². The van der Waals surface area contributed by atoms with Crippen molar-refractivity contribution in [3.8, 4) is 22.6 Å². The molecule has 2 aromatic carbocycles. The largest absolute Gasteiger partial charge is 0.427 e. The van der Waals surface area contributed by atoms with Crippen LogP contribution < -0.4 is 5.73 Å². The van der Waals surface area contributed by atoms with Crippen LogP contribution >= 0.6 is 23.2 Å². The zero-order chi connectivity index (χ0) is 14.1. The molecular formula is C15H10Cl2N2O. The predicted molar refractivity (Wildman–Crippen MR) is 81.8 cm³/mol. The number of halogens is 2. The summed E-state index contributed by atoms with van der Waals surface area (Å²) in [6.45, 7) is 0. The molecule has 0 saturated carbocycles. The number of nitrogens with two attached hydrogens (primary N) is 1. The minimum absolute atomic E-state index is 0.0989. The van der Waals surface area contributed by atoms with Gasteiger partial charge in [0, 0.05) is 21.8 Å². The molecule has 2 N–H and O–H groups in total. The Hall–Kier alpha value is -1.97. The SMILES string of the molecule is Nc1ccc(-c2oc(Cl)nc2-c2ccc(Cl)cc2)cc1. The lowest BCUT2D eigenvalue weighted by molar-refractivity contribution is 0.574. The van der Waals surface area contributed by atoms with Crippen LogP contribution in [0.3, 0.4) is 0 Å². The Bertz CT molecular complexity index is 671. The van der Waals surface area contributed by atoms with Gasteiger partial charge in [0.1, 0.15) is 5.69 Å². The molecule has 0 atom stereocenters. The summed E-state index contributed by atoms with van der Waals surface area (Å²) < 4.78 is 5.51. The minimum atomic E-state index is 0.0989. The number of rotatable bonds is 2. The maximum atomic E-state index is 5.90. The smallest absolute Gasteiger partial charge is 0.293 e. The van der Waals surface area contributed by atoms with Crippen LogP contribution in [0.15, 0.2) is 52.9 Å². The van der Waals surface area contributed by atoms with Crippen molar-refractivity contribution in [1.29, 1.82) is 0 Å². The zero-order valence-corrected chi connectivity index (χ0v) is 11.8. The molecule has 3 nitrogen and oxygen atoms in total. The molecular weight excluding hydrogens is 295 g/mol. The standard InChI is InChI=1S/C15H10Cl2N2O/c16-11-5-1-9(2-6-11)13-14(20-15(17)19-13)10-3-7-12(18)8-4-10/h1-8H,18H2. The molecule has 0 radical (unpaired) electrons. The van der Waals surface area contributed by atoms with E-state index in [4.69, 9.17) is 33.4 Å². The van der Waals surface area contributed by atoms with Crippen LogP contribution in [0.25, 0.3) is 22.6 Å². The molecule has 0 aliphatic carbocycles. The summed E-state index contributed by atoms with van der Waals surface area (Å²) in [6, 6.07) is 14.7. The molecule has 5 heteroatoms. The molecule has 0 aliphatic rings.